The first-order valence-corrected chi connectivity index (χ1v) is 10.1. The second-order valence-corrected chi connectivity index (χ2v) is 6.64. The molecule has 0 saturated carbocycles. The third-order valence-corrected chi connectivity index (χ3v) is 3.30. The number of unbranched alkanes of at least 4 members (excludes halogenated alkanes) is 9. The van der Waals surface area contributed by atoms with Gasteiger partial charge < -0.3 is 9.84 Å². The van der Waals surface area contributed by atoms with Crippen LogP contribution < -0.4 is 0 Å². The number of hydrogen-bond donors (Lipinski definition) is 3. The monoisotopic (exact) mass is 408 g/mol. The fraction of sp³-hybridized carbons (Fsp3) is 0.875. The van der Waals surface area contributed by atoms with Crippen molar-refractivity contribution in [1.29, 1.82) is 0 Å². The summed E-state index contributed by atoms with van der Waals surface area (Å²) >= 11 is 0. The predicted octanol–water partition coefficient (Wildman–Crippen LogP) is 3.01. The van der Waals surface area contributed by atoms with E-state index in [9.17, 15) is 9.59 Å². The molecular weight excluding hydrogens is 375 g/mol. The predicted molar refractivity (Wildman–Crippen MR) is 101 cm³/mol. The summed E-state index contributed by atoms with van der Waals surface area (Å²) in [6.45, 7) is 2.66. The molecule has 0 aliphatic heterocycles. The van der Waals surface area contributed by atoms with Gasteiger partial charge in [0.25, 0.3) is 0 Å². The summed E-state index contributed by atoms with van der Waals surface area (Å²) in [4.78, 5) is 21.4. The summed E-state index contributed by atoms with van der Waals surface area (Å²) in [7, 11) is -4.67. The van der Waals surface area contributed by atoms with Gasteiger partial charge in [-0.05, 0) is 6.42 Å². The number of aliphatic carboxylic acids is 1. The zero-order valence-corrected chi connectivity index (χ0v) is 15.8. The Morgan fingerprint density at radius 2 is 1.19 bits per heavy atom. The fourth-order valence-corrected chi connectivity index (χ4v) is 2.06. The summed E-state index contributed by atoms with van der Waals surface area (Å²) in [6.07, 6.45) is 12.3. The zero-order chi connectivity index (χ0) is 19.6. The Labute approximate surface area is 178 Å². The Bertz CT molecular complexity index is 432. The van der Waals surface area contributed by atoms with Crippen molar-refractivity contribution in [2.45, 2.75) is 84.0 Å². The van der Waals surface area contributed by atoms with Crippen LogP contribution in [0.1, 0.15) is 84.0 Å². The van der Waals surface area contributed by atoms with E-state index < -0.39 is 22.3 Å². The number of esters is 1. The maximum absolute atomic E-state index is 11.1. The average molecular weight is 408 g/mol. The summed E-state index contributed by atoms with van der Waals surface area (Å²) in [5.41, 5.74) is 0. The second-order valence-electron chi connectivity index (χ2n) is 5.74. The van der Waals surface area contributed by atoms with Crippen LogP contribution in [0, 0.1) is 0 Å². The molecule has 152 valence electrons. The van der Waals surface area contributed by atoms with Crippen LogP contribution in [0.15, 0.2) is 0 Å². The van der Waals surface area contributed by atoms with Crippen molar-refractivity contribution in [3.63, 3.8) is 0 Å². The van der Waals surface area contributed by atoms with Gasteiger partial charge in [-0.25, -0.2) is 0 Å². The Hall–Kier alpha value is -0.190. The molecule has 3 N–H and O–H groups in total. The van der Waals surface area contributed by atoms with Gasteiger partial charge in [0.15, 0.2) is 0 Å². The zero-order valence-electron chi connectivity index (χ0n) is 15.0. The van der Waals surface area contributed by atoms with E-state index in [0.717, 1.165) is 12.8 Å². The number of ether oxygens (including phenoxy) is 1. The average Bonchev–Trinajstić information content (AvgIpc) is 2.49. The quantitative estimate of drug-likeness (QED) is 0.173. The molecule has 0 aliphatic carbocycles. The molecular formula is C16H33NaO8S. The van der Waals surface area contributed by atoms with Gasteiger partial charge in [-0.1, -0.05) is 64.7 Å². The number of rotatable bonds is 14. The Kier molecular flexibility index (Phi) is 24.8. The SMILES string of the molecule is CCCCCCCCCCCCOC(=O)CCC(=O)O.O=S(=O)(O)O.[NaH]. The molecule has 0 fully saturated rings. The first-order valence-electron chi connectivity index (χ1n) is 8.74. The van der Waals surface area contributed by atoms with Crippen LogP contribution in [0.25, 0.3) is 0 Å². The van der Waals surface area contributed by atoms with Crippen molar-refractivity contribution < 1.29 is 37.0 Å². The molecule has 10 heteroatoms. The van der Waals surface area contributed by atoms with Crippen LogP contribution in [-0.4, -0.2) is 70.7 Å². The van der Waals surface area contributed by atoms with Gasteiger partial charge in [0.2, 0.25) is 0 Å². The molecule has 8 nitrogen and oxygen atoms in total. The van der Waals surface area contributed by atoms with Crippen molar-refractivity contribution in [3.8, 4) is 0 Å². The van der Waals surface area contributed by atoms with E-state index >= 15 is 0 Å². The van der Waals surface area contributed by atoms with Crippen molar-refractivity contribution in [2.24, 2.45) is 0 Å². The molecule has 0 aromatic rings. The van der Waals surface area contributed by atoms with Gasteiger partial charge in [0.1, 0.15) is 0 Å². The molecule has 0 rings (SSSR count). The normalized spacial score (nSPS) is 10.3. The molecule has 0 bridgehead atoms. The van der Waals surface area contributed by atoms with E-state index in [1.807, 2.05) is 0 Å². The van der Waals surface area contributed by atoms with Gasteiger partial charge in [0.05, 0.1) is 19.4 Å². The molecule has 0 aliphatic rings. The van der Waals surface area contributed by atoms with Crippen LogP contribution >= 0.6 is 0 Å². The molecule has 0 amide bonds. The van der Waals surface area contributed by atoms with Gasteiger partial charge in [-0.3, -0.25) is 18.7 Å². The van der Waals surface area contributed by atoms with Crippen molar-refractivity contribution >= 4 is 51.9 Å². The Balaban J connectivity index is -0.000000772. The minimum absolute atomic E-state index is 0. The van der Waals surface area contributed by atoms with E-state index in [0.29, 0.717) is 6.61 Å². The number of carboxylic acids is 1. The third-order valence-electron chi connectivity index (χ3n) is 3.30. The van der Waals surface area contributed by atoms with Crippen molar-refractivity contribution in [2.75, 3.05) is 6.61 Å². The molecule has 0 atom stereocenters. The summed E-state index contributed by atoms with van der Waals surface area (Å²) in [5, 5.41) is 8.41. The van der Waals surface area contributed by atoms with Gasteiger partial charge in [-0.15, -0.1) is 0 Å². The van der Waals surface area contributed by atoms with Gasteiger partial charge >= 0.3 is 51.9 Å². The molecule has 0 aromatic heterocycles. The number of hydrogen-bond acceptors (Lipinski definition) is 5. The summed E-state index contributed by atoms with van der Waals surface area (Å²) in [6, 6.07) is 0. The van der Waals surface area contributed by atoms with Crippen LogP contribution in [0.4, 0.5) is 0 Å². The molecule has 0 radical (unpaired) electrons. The van der Waals surface area contributed by atoms with Crippen LogP contribution in [0.2, 0.25) is 0 Å². The first-order chi connectivity index (χ1) is 11.7. The molecule has 0 aromatic carbocycles. The van der Waals surface area contributed by atoms with Gasteiger partial charge in [0, 0.05) is 0 Å². The Morgan fingerprint density at radius 1 is 0.808 bits per heavy atom. The summed E-state index contributed by atoms with van der Waals surface area (Å²) in [5.74, 6) is -1.36. The maximum atomic E-state index is 11.1. The van der Waals surface area contributed by atoms with Crippen LogP contribution in [-0.2, 0) is 24.7 Å². The molecule has 0 saturated heterocycles. The standard InChI is InChI=1S/C16H30O4.Na.H2O4S.H/c1-2-3-4-5-6-7-8-9-10-11-14-20-16(19)13-12-15(17)18;;1-5(2,3)4;/h2-14H2,1H3,(H,17,18);;(H2,1,2,3,4);. The molecule has 0 heterocycles. The topological polar surface area (TPSA) is 138 Å². The van der Waals surface area contributed by atoms with Crippen molar-refractivity contribution in [1.82, 2.24) is 0 Å². The van der Waals surface area contributed by atoms with Gasteiger partial charge in [-0.2, -0.15) is 8.42 Å². The van der Waals surface area contributed by atoms with E-state index in [1.165, 1.54) is 51.4 Å². The fourth-order valence-electron chi connectivity index (χ4n) is 2.06. The van der Waals surface area contributed by atoms with Crippen LogP contribution in [0.3, 0.4) is 0 Å². The van der Waals surface area contributed by atoms with Crippen molar-refractivity contribution in [3.05, 3.63) is 0 Å². The third kappa shape index (κ3) is 39.1. The summed E-state index contributed by atoms with van der Waals surface area (Å²) < 4.78 is 36.5. The number of carbonyl (C=O) groups excluding carboxylic acids is 1. The van der Waals surface area contributed by atoms with Crippen LogP contribution in [0.5, 0.6) is 0 Å². The van der Waals surface area contributed by atoms with E-state index in [4.69, 9.17) is 27.4 Å². The van der Waals surface area contributed by atoms with E-state index in [2.05, 4.69) is 6.92 Å². The molecule has 26 heavy (non-hydrogen) atoms. The van der Waals surface area contributed by atoms with E-state index in [1.54, 1.807) is 0 Å². The Morgan fingerprint density at radius 3 is 1.58 bits per heavy atom. The molecule has 0 unspecified atom stereocenters. The molecule has 0 spiro atoms. The second kappa shape index (κ2) is 21.1. The minimum atomic E-state index is -4.67. The number of carboxylic acid groups (broad SMARTS) is 1. The first kappa shape index (κ1) is 30.5. The van der Waals surface area contributed by atoms with E-state index in [-0.39, 0.29) is 42.4 Å². The number of carbonyl (C=O) groups is 2.